The summed E-state index contributed by atoms with van der Waals surface area (Å²) in [5.41, 5.74) is 5.22. The molecule has 0 bridgehead atoms. The van der Waals surface area contributed by atoms with Crippen LogP contribution in [0.15, 0.2) is 0 Å². The van der Waals surface area contributed by atoms with Crippen molar-refractivity contribution in [2.24, 2.45) is 17.6 Å². The molecule has 0 atom stereocenters. The van der Waals surface area contributed by atoms with Crippen molar-refractivity contribution in [3.8, 4) is 0 Å². The Bertz CT molecular complexity index is 333. The largest absolute Gasteiger partial charge is 0.392 e. The Morgan fingerprint density at radius 2 is 1.94 bits per heavy atom. The third-order valence-electron chi connectivity index (χ3n) is 3.06. The molecule has 0 spiro atoms. The summed E-state index contributed by atoms with van der Waals surface area (Å²) in [4.78, 5) is 0.0183. The highest BCUT2D eigenvalue weighted by Crippen LogP contribution is 2.27. The van der Waals surface area contributed by atoms with Crippen molar-refractivity contribution >= 4 is 27.2 Å². The maximum Gasteiger partial charge on any atom is 0.218 e. The van der Waals surface area contributed by atoms with Crippen LogP contribution in [-0.4, -0.2) is 25.7 Å². The van der Waals surface area contributed by atoms with Gasteiger partial charge in [0, 0.05) is 6.54 Å². The third-order valence-corrected chi connectivity index (χ3v) is 4.68. The first-order valence-electron chi connectivity index (χ1n) is 5.64. The Hall–Kier alpha value is -0.200. The molecule has 4 nitrogen and oxygen atoms in total. The Labute approximate surface area is 103 Å². The van der Waals surface area contributed by atoms with Gasteiger partial charge in [-0.25, -0.2) is 13.1 Å². The molecule has 0 aliphatic heterocycles. The van der Waals surface area contributed by atoms with Gasteiger partial charge < -0.3 is 5.73 Å². The van der Waals surface area contributed by atoms with Crippen molar-refractivity contribution in [2.45, 2.75) is 32.6 Å². The standard InChI is InChI=1S/C10H20N2O2S2/c1-8-2-4-9(5-3-8)6-12-16(13,14)7-10(11)15/h8-9,12H,2-7H2,1H3,(H2,11,15). The van der Waals surface area contributed by atoms with Crippen LogP contribution in [0.1, 0.15) is 32.6 Å². The fraction of sp³-hybridized carbons (Fsp3) is 0.900. The number of rotatable bonds is 5. The molecule has 1 rings (SSSR count). The minimum absolute atomic E-state index is 0.0183. The molecule has 16 heavy (non-hydrogen) atoms. The maximum absolute atomic E-state index is 11.5. The van der Waals surface area contributed by atoms with Crippen LogP contribution in [0, 0.1) is 11.8 Å². The highest BCUT2D eigenvalue weighted by atomic mass is 32.2. The van der Waals surface area contributed by atoms with Crippen LogP contribution in [-0.2, 0) is 10.0 Å². The van der Waals surface area contributed by atoms with Crippen molar-refractivity contribution in [1.82, 2.24) is 4.72 Å². The molecule has 1 fully saturated rings. The predicted molar refractivity (Wildman–Crippen MR) is 69.7 cm³/mol. The van der Waals surface area contributed by atoms with Gasteiger partial charge in [0.25, 0.3) is 0 Å². The topological polar surface area (TPSA) is 72.2 Å². The summed E-state index contributed by atoms with van der Waals surface area (Å²) < 4.78 is 25.5. The average molecular weight is 264 g/mol. The molecule has 0 radical (unpaired) electrons. The number of nitrogens with one attached hydrogen (secondary N) is 1. The van der Waals surface area contributed by atoms with Gasteiger partial charge in [0.1, 0.15) is 5.75 Å². The molecule has 94 valence electrons. The second-order valence-electron chi connectivity index (χ2n) is 4.70. The van der Waals surface area contributed by atoms with E-state index in [-0.39, 0.29) is 10.7 Å². The summed E-state index contributed by atoms with van der Waals surface area (Å²) in [6.45, 7) is 2.77. The maximum atomic E-state index is 11.5. The molecule has 0 amide bonds. The molecule has 0 aromatic rings. The molecule has 3 N–H and O–H groups in total. The van der Waals surface area contributed by atoms with E-state index in [1.807, 2.05) is 0 Å². The summed E-state index contributed by atoms with van der Waals surface area (Å²) >= 11 is 4.59. The van der Waals surface area contributed by atoms with E-state index in [9.17, 15) is 8.42 Å². The molecule has 0 aromatic carbocycles. The first-order valence-corrected chi connectivity index (χ1v) is 7.71. The van der Waals surface area contributed by atoms with E-state index in [0.717, 1.165) is 18.8 Å². The average Bonchev–Trinajstić information content (AvgIpc) is 2.15. The fourth-order valence-corrected chi connectivity index (χ4v) is 3.45. The lowest BCUT2D eigenvalue weighted by Gasteiger charge is -2.26. The van der Waals surface area contributed by atoms with Gasteiger partial charge in [0.05, 0.1) is 4.99 Å². The van der Waals surface area contributed by atoms with Crippen LogP contribution in [0.5, 0.6) is 0 Å². The Kier molecular flexibility index (Phi) is 5.14. The van der Waals surface area contributed by atoms with Crippen molar-refractivity contribution in [3.05, 3.63) is 0 Å². The molecule has 0 unspecified atom stereocenters. The fourth-order valence-electron chi connectivity index (χ4n) is 2.02. The summed E-state index contributed by atoms with van der Waals surface area (Å²) in [5, 5.41) is 0. The van der Waals surface area contributed by atoms with Gasteiger partial charge in [0.15, 0.2) is 0 Å². The Morgan fingerprint density at radius 3 is 2.44 bits per heavy atom. The Balaban J connectivity index is 2.31. The smallest absolute Gasteiger partial charge is 0.218 e. The highest BCUT2D eigenvalue weighted by molar-refractivity contribution is 7.92. The van der Waals surface area contributed by atoms with Crippen LogP contribution in [0.3, 0.4) is 0 Å². The van der Waals surface area contributed by atoms with Gasteiger partial charge in [-0.2, -0.15) is 0 Å². The predicted octanol–water partition coefficient (Wildman–Crippen LogP) is 1.02. The number of sulfonamides is 1. The second-order valence-corrected chi connectivity index (χ2v) is 7.03. The van der Waals surface area contributed by atoms with Crippen molar-refractivity contribution in [1.29, 1.82) is 0 Å². The van der Waals surface area contributed by atoms with E-state index in [1.165, 1.54) is 12.8 Å². The first-order chi connectivity index (χ1) is 7.39. The van der Waals surface area contributed by atoms with Crippen LogP contribution < -0.4 is 10.5 Å². The Morgan fingerprint density at radius 1 is 1.38 bits per heavy atom. The zero-order valence-electron chi connectivity index (χ0n) is 9.61. The summed E-state index contributed by atoms with van der Waals surface area (Å²) in [6.07, 6.45) is 4.61. The normalized spacial score (nSPS) is 26.6. The van der Waals surface area contributed by atoms with Gasteiger partial charge in [-0.1, -0.05) is 32.0 Å². The van der Waals surface area contributed by atoms with Crippen LogP contribution in [0.2, 0.25) is 0 Å². The lowest BCUT2D eigenvalue weighted by molar-refractivity contribution is 0.290. The van der Waals surface area contributed by atoms with E-state index in [1.54, 1.807) is 0 Å². The highest BCUT2D eigenvalue weighted by Gasteiger charge is 2.20. The SMILES string of the molecule is CC1CCC(CNS(=O)(=O)CC(N)=S)CC1. The van der Waals surface area contributed by atoms with Crippen molar-refractivity contribution < 1.29 is 8.42 Å². The van der Waals surface area contributed by atoms with Gasteiger partial charge in [-0.05, 0) is 24.7 Å². The minimum Gasteiger partial charge on any atom is -0.392 e. The third kappa shape index (κ3) is 5.23. The van der Waals surface area contributed by atoms with Crippen LogP contribution >= 0.6 is 12.2 Å². The summed E-state index contributed by atoms with van der Waals surface area (Å²) in [5.74, 6) is 1.01. The van der Waals surface area contributed by atoms with E-state index in [0.29, 0.717) is 12.5 Å². The van der Waals surface area contributed by atoms with Gasteiger partial charge in [0.2, 0.25) is 10.0 Å². The zero-order valence-corrected chi connectivity index (χ0v) is 11.2. The number of nitrogens with two attached hydrogens (primary N) is 1. The first kappa shape index (κ1) is 13.9. The number of hydrogen-bond donors (Lipinski definition) is 2. The number of thiocarbonyl (C=S) groups is 1. The van der Waals surface area contributed by atoms with E-state index >= 15 is 0 Å². The quantitative estimate of drug-likeness (QED) is 0.727. The van der Waals surface area contributed by atoms with Crippen LogP contribution in [0.4, 0.5) is 0 Å². The minimum atomic E-state index is -3.31. The lowest BCUT2D eigenvalue weighted by atomic mass is 9.83. The molecule has 0 aromatic heterocycles. The molecule has 1 aliphatic carbocycles. The van der Waals surface area contributed by atoms with E-state index < -0.39 is 10.0 Å². The molecule has 6 heteroatoms. The number of hydrogen-bond acceptors (Lipinski definition) is 3. The van der Waals surface area contributed by atoms with E-state index in [4.69, 9.17) is 5.73 Å². The van der Waals surface area contributed by atoms with Crippen molar-refractivity contribution in [2.75, 3.05) is 12.3 Å². The molecule has 0 saturated heterocycles. The molecule has 1 aliphatic rings. The molecular weight excluding hydrogens is 244 g/mol. The second kappa shape index (κ2) is 5.93. The van der Waals surface area contributed by atoms with Gasteiger partial charge in [-0.3, -0.25) is 0 Å². The monoisotopic (exact) mass is 264 g/mol. The molecular formula is C10H20N2O2S2. The van der Waals surface area contributed by atoms with E-state index in [2.05, 4.69) is 23.9 Å². The summed E-state index contributed by atoms with van der Waals surface area (Å²) in [7, 11) is -3.31. The van der Waals surface area contributed by atoms with Gasteiger partial charge in [-0.15, -0.1) is 0 Å². The summed E-state index contributed by atoms with van der Waals surface area (Å²) in [6, 6.07) is 0. The van der Waals surface area contributed by atoms with Gasteiger partial charge >= 0.3 is 0 Å². The lowest BCUT2D eigenvalue weighted by Crippen LogP contribution is -2.36. The molecule has 1 saturated carbocycles. The van der Waals surface area contributed by atoms with Crippen molar-refractivity contribution in [3.63, 3.8) is 0 Å². The molecule has 0 heterocycles. The van der Waals surface area contributed by atoms with Crippen LogP contribution in [0.25, 0.3) is 0 Å². The zero-order chi connectivity index (χ0) is 12.2.